The number of halogens is 3. The molecule has 0 aromatic heterocycles. The molecule has 114 valence electrons. The van der Waals surface area contributed by atoms with Crippen LogP contribution in [0.3, 0.4) is 0 Å². The third kappa shape index (κ3) is 5.61. The van der Waals surface area contributed by atoms with Gasteiger partial charge in [0.1, 0.15) is 12.4 Å². The van der Waals surface area contributed by atoms with E-state index < -0.39 is 13.0 Å². The lowest BCUT2D eigenvalue weighted by atomic mass is 10.1. The van der Waals surface area contributed by atoms with Crippen LogP contribution in [0.25, 0.3) is 0 Å². The first-order chi connectivity index (χ1) is 9.13. The maximum absolute atomic E-state index is 12.0. The van der Waals surface area contributed by atoms with Gasteiger partial charge in [0.05, 0.1) is 0 Å². The van der Waals surface area contributed by atoms with Gasteiger partial charge in [-0.05, 0) is 24.6 Å². The highest BCUT2D eigenvalue weighted by atomic mass is 35.5. The summed E-state index contributed by atoms with van der Waals surface area (Å²) in [6.07, 6.45) is -2.43. The molecule has 3 nitrogen and oxygen atoms in total. The average molecular weight is 307 g/mol. The molecule has 1 saturated heterocycles. The van der Waals surface area contributed by atoms with Crippen LogP contribution in [-0.4, -0.2) is 43.6 Å². The van der Waals surface area contributed by atoms with Gasteiger partial charge in [-0.3, -0.25) is 4.90 Å². The van der Waals surface area contributed by atoms with Gasteiger partial charge >= 0.3 is 0 Å². The van der Waals surface area contributed by atoms with E-state index in [1.165, 1.54) is 5.56 Å². The van der Waals surface area contributed by atoms with Gasteiger partial charge in [-0.1, -0.05) is 12.1 Å². The van der Waals surface area contributed by atoms with E-state index in [-0.39, 0.29) is 12.4 Å². The lowest BCUT2D eigenvalue weighted by Gasteiger charge is -2.31. The van der Waals surface area contributed by atoms with E-state index in [0.29, 0.717) is 11.8 Å². The zero-order chi connectivity index (χ0) is 13.7. The van der Waals surface area contributed by atoms with Crippen LogP contribution in [0, 0.1) is 0 Å². The summed E-state index contributed by atoms with van der Waals surface area (Å²) in [4.78, 5) is 2.39. The molecule has 1 fully saturated rings. The molecule has 0 amide bonds. The molecule has 6 heteroatoms. The van der Waals surface area contributed by atoms with Crippen molar-refractivity contribution < 1.29 is 13.5 Å². The Morgan fingerprint density at radius 3 is 2.65 bits per heavy atom. The van der Waals surface area contributed by atoms with E-state index in [1.807, 2.05) is 12.1 Å². The summed E-state index contributed by atoms with van der Waals surface area (Å²) in [5.41, 5.74) is 1.18. The Bertz CT molecular complexity index is 389. The molecule has 0 bridgehead atoms. The molecule has 0 aliphatic carbocycles. The molecule has 0 spiro atoms. The minimum Gasteiger partial charge on any atom is -0.488 e. The third-order valence-electron chi connectivity index (χ3n) is 3.16. The molecule has 0 radical (unpaired) electrons. The average Bonchev–Trinajstić information content (AvgIpc) is 2.38. The molecule has 0 unspecified atom stereocenters. The Morgan fingerprint density at radius 2 is 2.05 bits per heavy atom. The van der Waals surface area contributed by atoms with Crippen LogP contribution in [0.1, 0.15) is 12.5 Å². The second-order valence-electron chi connectivity index (χ2n) is 4.94. The van der Waals surface area contributed by atoms with Gasteiger partial charge in [0, 0.05) is 32.2 Å². The Hall–Kier alpha value is -0.910. The highest BCUT2D eigenvalue weighted by molar-refractivity contribution is 5.85. The van der Waals surface area contributed by atoms with Gasteiger partial charge in [-0.15, -0.1) is 12.4 Å². The van der Waals surface area contributed by atoms with Crippen LogP contribution in [-0.2, 0) is 6.54 Å². The van der Waals surface area contributed by atoms with Crippen LogP contribution in [0.2, 0.25) is 0 Å². The maximum Gasteiger partial charge on any atom is 0.272 e. The van der Waals surface area contributed by atoms with E-state index in [2.05, 4.69) is 17.1 Å². The smallest absolute Gasteiger partial charge is 0.272 e. The predicted octanol–water partition coefficient (Wildman–Crippen LogP) is 2.55. The van der Waals surface area contributed by atoms with Crippen molar-refractivity contribution in [1.82, 2.24) is 10.2 Å². The van der Waals surface area contributed by atoms with E-state index in [1.54, 1.807) is 12.1 Å². The van der Waals surface area contributed by atoms with Crippen LogP contribution < -0.4 is 10.1 Å². The summed E-state index contributed by atoms with van der Waals surface area (Å²) in [5.74, 6) is 0.498. The van der Waals surface area contributed by atoms with Crippen molar-refractivity contribution in [1.29, 1.82) is 0 Å². The molecule has 1 aliphatic heterocycles. The second kappa shape index (κ2) is 8.39. The highest BCUT2D eigenvalue weighted by Gasteiger charge is 2.15. The van der Waals surface area contributed by atoms with Crippen molar-refractivity contribution in [3.63, 3.8) is 0 Å². The molecular formula is C14H21ClF2N2O. The maximum atomic E-state index is 12.0. The molecule has 0 saturated carbocycles. The molecule has 1 atom stereocenters. The first-order valence-corrected chi connectivity index (χ1v) is 6.59. The summed E-state index contributed by atoms with van der Waals surface area (Å²) in [6.45, 7) is 5.59. The van der Waals surface area contributed by atoms with Crippen LogP contribution in [0.15, 0.2) is 24.3 Å². The molecule has 1 aromatic carbocycles. The molecule has 1 heterocycles. The monoisotopic (exact) mass is 306 g/mol. The number of hydrogen-bond donors (Lipinski definition) is 1. The number of benzene rings is 1. The topological polar surface area (TPSA) is 24.5 Å². The molecule has 1 N–H and O–H groups in total. The van der Waals surface area contributed by atoms with E-state index in [9.17, 15) is 8.78 Å². The lowest BCUT2D eigenvalue weighted by molar-refractivity contribution is 0.0819. The fraction of sp³-hybridized carbons (Fsp3) is 0.571. The standard InChI is InChI=1S/C14H20F2N2O.ClH/c1-11-8-18(7-6-17-11)9-12-2-4-13(5-3-12)19-10-14(15)16;/h2-5,11,14,17H,6-10H2,1H3;1H/t11-;/m0./s1. The Labute approximate surface area is 124 Å². The minimum absolute atomic E-state index is 0. The van der Waals surface area contributed by atoms with Crippen LogP contribution in [0.4, 0.5) is 8.78 Å². The summed E-state index contributed by atoms with van der Waals surface area (Å²) in [5, 5.41) is 3.40. The van der Waals surface area contributed by atoms with Gasteiger partial charge in [0.15, 0.2) is 0 Å². The number of nitrogens with one attached hydrogen (secondary N) is 1. The SMILES string of the molecule is C[C@H]1CN(Cc2ccc(OCC(F)F)cc2)CCN1.Cl. The molecule has 20 heavy (non-hydrogen) atoms. The predicted molar refractivity (Wildman–Crippen MR) is 77.9 cm³/mol. The van der Waals surface area contributed by atoms with E-state index in [4.69, 9.17) is 4.74 Å². The van der Waals surface area contributed by atoms with Crippen molar-refractivity contribution in [2.45, 2.75) is 25.9 Å². The van der Waals surface area contributed by atoms with Crippen molar-refractivity contribution in [2.75, 3.05) is 26.2 Å². The number of nitrogens with zero attached hydrogens (tertiary/aromatic N) is 1. The zero-order valence-corrected chi connectivity index (χ0v) is 12.3. The van der Waals surface area contributed by atoms with Gasteiger partial charge in [-0.25, -0.2) is 8.78 Å². The number of piperazine rings is 1. The molecule has 1 aromatic rings. The van der Waals surface area contributed by atoms with E-state index >= 15 is 0 Å². The quantitative estimate of drug-likeness (QED) is 0.905. The number of rotatable bonds is 5. The Kier molecular flexibility index (Phi) is 7.19. The minimum atomic E-state index is -2.43. The summed E-state index contributed by atoms with van der Waals surface area (Å²) in [7, 11) is 0. The summed E-state index contributed by atoms with van der Waals surface area (Å²) in [6, 6.07) is 7.90. The largest absolute Gasteiger partial charge is 0.488 e. The van der Waals surface area contributed by atoms with Gasteiger partial charge in [-0.2, -0.15) is 0 Å². The summed E-state index contributed by atoms with van der Waals surface area (Å²) < 4.78 is 29.0. The van der Waals surface area contributed by atoms with Crippen molar-refractivity contribution >= 4 is 12.4 Å². The number of hydrogen-bond acceptors (Lipinski definition) is 3. The normalized spacial score (nSPS) is 19.7. The van der Waals surface area contributed by atoms with Crippen LogP contribution in [0.5, 0.6) is 5.75 Å². The lowest BCUT2D eigenvalue weighted by Crippen LogP contribution is -2.48. The fourth-order valence-electron chi connectivity index (χ4n) is 2.26. The Morgan fingerprint density at radius 1 is 1.35 bits per heavy atom. The first kappa shape index (κ1) is 17.1. The van der Waals surface area contributed by atoms with E-state index in [0.717, 1.165) is 26.2 Å². The Balaban J connectivity index is 0.00000200. The van der Waals surface area contributed by atoms with Gasteiger partial charge < -0.3 is 10.1 Å². The number of alkyl halides is 2. The second-order valence-corrected chi connectivity index (χ2v) is 4.94. The van der Waals surface area contributed by atoms with Crippen molar-refractivity contribution in [2.24, 2.45) is 0 Å². The summed E-state index contributed by atoms with van der Waals surface area (Å²) >= 11 is 0. The third-order valence-corrected chi connectivity index (χ3v) is 3.16. The highest BCUT2D eigenvalue weighted by Crippen LogP contribution is 2.15. The van der Waals surface area contributed by atoms with Gasteiger partial charge in [0.2, 0.25) is 0 Å². The molecule has 1 aliphatic rings. The fourth-order valence-corrected chi connectivity index (χ4v) is 2.26. The van der Waals surface area contributed by atoms with Gasteiger partial charge in [0.25, 0.3) is 6.43 Å². The zero-order valence-electron chi connectivity index (χ0n) is 11.5. The van der Waals surface area contributed by atoms with Crippen LogP contribution >= 0.6 is 12.4 Å². The molecular weight excluding hydrogens is 286 g/mol. The number of ether oxygens (including phenoxy) is 1. The van der Waals surface area contributed by atoms with Crippen molar-refractivity contribution in [3.8, 4) is 5.75 Å². The van der Waals surface area contributed by atoms with Crippen molar-refractivity contribution in [3.05, 3.63) is 29.8 Å². The first-order valence-electron chi connectivity index (χ1n) is 6.59. The molecule has 2 rings (SSSR count).